The Kier molecular flexibility index (Phi) is 3.79. The monoisotopic (exact) mass is 271 g/mol. The van der Waals surface area contributed by atoms with Crippen LogP contribution in [-0.4, -0.2) is 11.2 Å². The fraction of sp³-hybridized carbons (Fsp3) is 0.333. The topological polar surface area (TPSA) is 62.7 Å². The summed E-state index contributed by atoms with van der Waals surface area (Å²) < 4.78 is 0. The van der Waals surface area contributed by atoms with Crippen molar-refractivity contribution in [2.45, 2.75) is 31.8 Å². The molecule has 0 spiro atoms. The molecule has 0 bridgehead atoms. The molecule has 0 aliphatic rings. The van der Waals surface area contributed by atoms with Crippen molar-refractivity contribution in [2.24, 2.45) is 5.73 Å². The molecule has 0 aliphatic heterocycles. The smallest absolute Gasteiger partial charge is 0.101 e. The highest BCUT2D eigenvalue weighted by molar-refractivity contribution is 7.98. The molecule has 1 unspecified atom stereocenters. The summed E-state index contributed by atoms with van der Waals surface area (Å²) in [4.78, 5) is 4.64. The Bertz CT molecular complexity index is 684. The van der Waals surface area contributed by atoms with Gasteiger partial charge in [-0.3, -0.25) is 0 Å². The van der Waals surface area contributed by atoms with E-state index in [1.807, 2.05) is 39.2 Å². The molecule has 0 amide bonds. The average molecular weight is 271 g/mol. The van der Waals surface area contributed by atoms with E-state index in [2.05, 4.69) is 11.1 Å². The van der Waals surface area contributed by atoms with Gasteiger partial charge in [-0.15, -0.1) is 11.8 Å². The zero-order chi connectivity index (χ0) is 14.2. The van der Waals surface area contributed by atoms with Crippen LogP contribution in [0.25, 0.3) is 10.9 Å². The van der Waals surface area contributed by atoms with Gasteiger partial charge in [0, 0.05) is 11.4 Å². The molecule has 0 saturated carbocycles. The molecule has 0 aliphatic carbocycles. The van der Waals surface area contributed by atoms with Gasteiger partial charge >= 0.3 is 0 Å². The quantitative estimate of drug-likeness (QED) is 0.850. The van der Waals surface area contributed by atoms with E-state index in [9.17, 15) is 5.26 Å². The number of nitrogens with two attached hydrogens (primary N) is 1. The molecule has 0 fully saturated rings. The molecule has 0 saturated heterocycles. The summed E-state index contributed by atoms with van der Waals surface area (Å²) in [5.41, 5.74) is 10.7. The minimum atomic E-state index is -0.114. The zero-order valence-electron chi connectivity index (χ0n) is 11.6. The second-order valence-electron chi connectivity index (χ2n) is 4.71. The fourth-order valence-corrected chi connectivity index (χ4v) is 3.08. The van der Waals surface area contributed by atoms with Crippen molar-refractivity contribution in [3.63, 3.8) is 0 Å². The first-order valence-corrected chi connectivity index (χ1v) is 7.37. The number of nitriles is 1. The van der Waals surface area contributed by atoms with Crippen molar-refractivity contribution >= 4 is 22.7 Å². The molecule has 1 heterocycles. The number of nitrogens with zero attached hydrogens (tertiary/aromatic N) is 2. The van der Waals surface area contributed by atoms with Crippen molar-refractivity contribution in [3.8, 4) is 6.07 Å². The molecule has 1 aromatic heterocycles. The Balaban J connectivity index is 3.02. The van der Waals surface area contributed by atoms with Crippen molar-refractivity contribution in [1.29, 1.82) is 5.26 Å². The predicted octanol–water partition coefficient (Wildman–Crippen LogP) is 3.46. The van der Waals surface area contributed by atoms with Gasteiger partial charge in [0.2, 0.25) is 0 Å². The summed E-state index contributed by atoms with van der Waals surface area (Å²) in [6.45, 7) is 5.92. The summed E-state index contributed by atoms with van der Waals surface area (Å²) in [6, 6.07) is 6.20. The van der Waals surface area contributed by atoms with Gasteiger partial charge in [0.1, 0.15) is 11.1 Å². The molecule has 2 N–H and O–H groups in total. The van der Waals surface area contributed by atoms with E-state index in [4.69, 9.17) is 5.73 Å². The van der Waals surface area contributed by atoms with Crippen molar-refractivity contribution in [3.05, 3.63) is 34.4 Å². The van der Waals surface area contributed by atoms with Gasteiger partial charge in [-0.25, -0.2) is 4.98 Å². The number of aromatic nitrogens is 1. The maximum absolute atomic E-state index is 9.51. The van der Waals surface area contributed by atoms with E-state index in [0.29, 0.717) is 5.56 Å². The van der Waals surface area contributed by atoms with Crippen LogP contribution in [0.1, 0.15) is 35.2 Å². The number of pyridine rings is 1. The molecule has 0 radical (unpaired) electrons. The highest BCUT2D eigenvalue weighted by Crippen LogP contribution is 2.33. The van der Waals surface area contributed by atoms with Crippen LogP contribution < -0.4 is 5.73 Å². The maximum atomic E-state index is 9.51. The molecule has 3 nitrogen and oxygen atoms in total. The summed E-state index contributed by atoms with van der Waals surface area (Å²) in [6.07, 6.45) is 1.98. The number of rotatable bonds is 2. The molecule has 4 heteroatoms. The number of thioether (sulfide) groups is 1. The van der Waals surface area contributed by atoms with E-state index >= 15 is 0 Å². The first-order valence-electron chi connectivity index (χ1n) is 6.14. The molecule has 2 aromatic rings. The van der Waals surface area contributed by atoms with Crippen LogP contribution in [0.4, 0.5) is 0 Å². The molecule has 1 aromatic carbocycles. The van der Waals surface area contributed by atoms with E-state index in [1.165, 1.54) is 0 Å². The normalized spacial score (nSPS) is 12.4. The van der Waals surface area contributed by atoms with Crippen LogP contribution >= 0.6 is 11.8 Å². The van der Waals surface area contributed by atoms with Crippen molar-refractivity contribution < 1.29 is 0 Å². The van der Waals surface area contributed by atoms with Crippen molar-refractivity contribution in [2.75, 3.05) is 6.26 Å². The molecule has 1 atom stereocenters. The Morgan fingerprint density at radius 1 is 1.37 bits per heavy atom. The van der Waals surface area contributed by atoms with Gasteiger partial charge in [0.15, 0.2) is 0 Å². The highest BCUT2D eigenvalue weighted by Gasteiger charge is 2.17. The Morgan fingerprint density at radius 2 is 2.05 bits per heavy atom. The van der Waals surface area contributed by atoms with Crippen LogP contribution in [0, 0.1) is 25.2 Å². The Hall–Kier alpha value is -1.57. The third-order valence-corrected chi connectivity index (χ3v) is 4.15. The summed E-state index contributed by atoms with van der Waals surface area (Å²) >= 11 is 1.56. The second-order valence-corrected chi connectivity index (χ2v) is 5.51. The van der Waals surface area contributed by atoms with E-state index in [-0.39, 0.29) is 6.04 Å². The van der Waals surface area contributed by atoms with Gasteiger partial charge in [0.25, 0.3) is 0 Å². The predicted molar refractivity (Wildman–Crippen MR) is 80.3 cm³/mol. The standard InChI is InChI=1S/C15H17N3S/c1-8-5-6-12-14(13(8)10(3)17)11(7-16)9(2)15(18-12)19-4/h5-6,10H,17H2,1-4H3. The number of hydrogen-bond donors (Lipinski definition) is 1. The average Bonchev–Trinajstić information content (AvgIpc) is 2.37. The van der Waals surface area contributed by atoms with Gasteiger partial charge < -0.3 is 5.73 Å². The summed E-state index contributed by atoms with van der Waals surface area (Å²) in [5, 5.41) is 11.3. The summed E-state index contributed by atoms with van der Waals surface area (Å²) in [7, 11) is 0. The van der Waals surface area contributed by atoms with Crippen molar-refractivity contribution in [1.82, 2.24) is 4.98 Å². The first-order chi connectivity index (χ1) is 9.01. The van der Waals surface area contributed by atoms with Gasteiger partial charge in [-0.05, 0) is 49.8 Å². The van der Waals surface area contributed by atoms with Crippen LogP contribution in [0.3, 0.4) is 0 Å². The third-order valence-electron chi connectivity index (χ3n) is 3.37. The third kappa shape index (κ3) is 2.20. The van der Waals surface area contributed by atoms with E-state index in [1.54, 1.807) is 11.8 Å². The SMILES string of the molecule is CSc1nc2ccc(C)c(C(C)N)c2c(C#N)c1C. The maximum Gasteiger partial charge on any atom is 0.101 e. The fourth-order valence-electron chi connectivity index (χ4n) is 2.48. The van der Waals surface area contributed by atoms with Crippen LogP contribution in [-0.2, 0) is 0 Å². The Morgan fingerprint density at radius 3 is 2.58 bits per heavy atom. The molecular weight excluding hydrogens is 254 g/mol. The summed E-state index contributed by atoms with van der Waals surface area (Å²) in [5.74, 6) is 0. The lowest BCUT2D eigenvalue weighted by Gasteiger charge is -2.16. The number of hydrogen-bond acceptors (Lipinski definition) is 4. The number of aryl methyl sites for hydroxylation is 1. The number of benzene rings is 1. The number of fused-ring (bicyclic) bond motifs is 1. The van der Waals surface area contributed by atoms with Crippen LogP contribution in [0.15, 0.2) is 17.2 Å². The molecular formula is C15H17N3S. The highest BCUT2D eigenvalue weighted by atomic mass is 32.2. The van der Waals surface area contributed by atoms with Crippen LogP contribution in [0.5, 0.6) is 0 Å². The second kappa shape index (κ2) is 5.20. The first kappa shape index (κ1) is 13.9. The molecule has 19 heavy (non-hydrogen) atoms. The van der Waals surface area contributed by atoms with Gasteiger partial charge in [0.05, 0.1) is 11.1 Å². The Labute approximate surface area is 117 Å². The van der Waals surface area contributed by atoms with E-state index in [0.717, 1.165) is 32.6 Å². The van der Waals surface area contributed by atoms with Gasteiger partial charge in [-0.2, -0.15) is 5.26 Å². The van der Waals surface area contributed by atoms with E-state index < -0.39 is 0 Å². The molecule has 98 valence electrons. The lowest BCUT2D eigenvalue weighted by molar-refractivity contribution is 0.817. The minimum absolute atomic E-state index is 0.114. The minimum Gasteiger partial charge on any atom is -0.324 e. The zero-order valence-corrected chi connectivity index (χ0v) is 12.4. The molecule has 2 rings (SSSR count). The lowest BCUT2D eigenvalue weighted by Crippen LogP contribution is -2.09. The van der Waals surface area contributed by atoms with Crippen LogP contribution in [0.2, 0.25) is 0 Å². The largest absolute Gasteiger partial charge is 0.324 e. The van der Waals surface area contributed by atoms with Gasteiger partial charge in [-0.1, -0.05) is 6.07 Å². The lowest BCUT2D eigenvalue weighted by atomic mass is 9.93.